The van der Waals surface area contributed by atoms with Crippen LogP contribution in [0.4, 0.5) is 0 Å². The number of unbranched alkanes of at least 4 members (excludes halogenated alkanes) is 2. The van der Waals surface area contributed by atoms with E-state index in [-0.39, 0.29) is 0 Å². The lowest BCUT2D eigenvalue weighted by Gasteiger charge is -2.39. The monoisotopic (exact) mass is 258 g/mol. The van der Waals surface area contributed by atoms with Gasteiger partial charge in [-0.25, -0.2) is 0 Å². The minimum Gasteiger partial charge on any atom is -0.149 e. The van der Waals surface area contributed by atoms with Crippen molar-refractivity contribution in [3.05, 3.63) is 0 Å². The van der Waals surface area contributed by atoms with Crippen LogP contribution < -0.4 is 0 Å². The Morgan fingerprint density at radius 3 is 1.29 bits per heavy atom. The van der Waals surface area contributed by atoms with E-state index in [4.69, 9.17) is 0 Å². The molecule has 0 aliphatic carbocycles. The molecule has 0 aliphatic rings. The Kier molecular flexibility index (Phi) is 8.63. The van der Waals surface area contributed by atoms with Gasteiger partial charge in [0.05, 0.1) is 0 Å². The fourth-order valence-electron chi connectivity index (χ4n) is 2.30. The van der Waals surface area contributed by atoms with Crippen molar-refractivity contribution >= 4 is 11.8 Å². The fourth-order valence-corrected chi connectivity index (χ4v) is 4.27. The second-order valence-corrected chi connectivity index (χ2v) is 8.09. The van der Waals surface area contributed by atoms with Gasteiger partial charge in [0.15, 0.2) is 0 Å². The highest BCUT2D eigenvalue weighted by atomic mass is 32.2. The van der Waals surface area contributed by atoms with Crippen LogP contribution in [-0.2, 0) is 0 Å². The van der Waals surface area contributed by atoms with E-state index in [1.807, 2.05) is 0 Å². The molecular formula is C16H34S. The summed E-state index contributed by atoms with van der Waals surface area (Å²) in [7, 11) is 0. The molecule has 1 heteroatoms. The molecule has 0 spiro atoms. The maximum Gasteiger partial charge on any atom is 0.0134 e. The lowest BCUT2D eigenvalue weighted by Crippen LogP contribution is -2.30. The zero-order chi connectivity index (χ0) is 13.4. The highest BCUT2D eigenvalue weighted by molar-refractivity contribution is 8.01. The predicted octanol–water partition coefficient (Wildman–Crippen LogP) is 6.44. The number of rotatable bonds is 10. The van der Waals surface area contributed by atoms with Gasteiger partial charge in [-0.1, -0.05) is 67.2 Å². The van der Waals surface area contributed by atoms with Gasteiger partial charge in [0.2, 0.25) is 0 Å². The third kappa shape index (κ3) is 6.74. The molecule has 0 saturated heterocycles. The minimum absolute atomic E-state index is 0.495. The smallest absolute Gasteiger partial charge is 0.0134 e. The van der Waals surface area contributed by atoms with Gasteiger partial charge in [0, 0.05) is 9.49 Å². The molecule has 2 atom stereocenters. The van der Waals surface area contributed by atoms with E-state index < -0.39 is 0 Å². The zero-order valence-corrected chi connectivity index (χ0v) is 13.9. The predicted molar refractivity (Wildman–Crippen MR) is 84.0 cm³/mol. The SMILES string of the molecule is CCCCC(C)(CC)SC(C)(CC)CCCC. The van der Waals surface area contributed by atoms with Gasteiger partial charge in [-0.2, -0.15) is 0 Å². The van der Waals surface area contributed by atoms with Crippen LogP contribution in [0, 0.1) is 0 Å². The van der Waals surface area contributed by atoms with Gasteiger partial charge in [0.1, 0.15) is 0 Å². The quantitative estimate of drug-likeness (QED) is 0.434. The molecule has 0 nitrogen and oxygen atoms in total. The molecular weight excluding hydrogens is 224 g/mol. The highest BCUT2D eigenvalue weighted by Crippen LogP contribution is 2.46. The molecule has 0 aromatic heterocycles. The van der Waals surface area contributed by atoms with Crippen LogP contribution in [0.1, 0.15) is 92.9 Å². The molecule has 0 aromatic carbocycles. The highest BCUT2D eigenvalue weighted by Gasteiger charge is 2.32. The first-order chi connectivity index (χ1) is 7.95. The van der Waals surface area contributed by atoms with Crippen molar-refractivity contribution in [3.8, 4) is 0 Å². The van der Waals surface area contributed by atoms with E-state index in [0.29, 0.717) is 9.49 Å². The van der Waals surface area contributed by atoms with Gasteiger partial charge in [-0.3, -0.25) is 0 Å². The summed E-state index contributed by atoms with van der Waals surface area (Å²) in [6, 6.07) is 0. The Balaban J connectivity index is 4.47. The van der Waals surface area contributed by atoms with Crippen molar-refractivity contribution < 1.29 is 0 Å². The molecule has 0 saturated carbocycles. The molecule has 0 aliphatic heterocycles. The summed E-state index contributed by atoms with van der Waals surface area (Å²) >= 11 is 2.27. The first-order valence-corrected chi connectivity index (χ1v) is 8.47. The Hall–Kier alpha value is 0.350. The normalized spacial score (nSPS) is 18.7. The van der Waals surface area contributed by atoms with Crippen LogP contribution in [0.25, 0.3) is 0 Å². The summed E-state index contributed by atoms with van der Waals surface area (Å²) in [4.78, 5) is 0. The minimum atomic E-state index is 0.495. The molecule has 104 valence electrons. The second kappa shape index (κ2) is 8.45. The molecule has 0 radical (unpaired) electrons. The summed E-state index contributed by atoms with van der Waals surface area (Å²) in [6.07, 6.45) is 10.8. The summed E-state index contributed by atoms with van der Waals surface area (Å²) in [5.41, 5.74) is 0. The van der Waals surface area contributed by atoms with Crippen molar-refractivity contribution in [1.82, 2.24) is 0 Å². The van der Waals surface area contributed by atoms with E-state index >= 15 is 0 Å². The van der Waals surface area contributed by atoms with E-state index in [1.165, 1.54) is 51.4 Å². The second-order valence-electron chi connectivity index (χ2n) is 5.92. The van der Waals surface area contributed by atoms with E-state index in [2.05, 4.69) is 53.3 Å². The Morgan fingerprint density at radius 2 is 1.06 bits per heavy atom. The molecule has 17 heavy (non-hydrogen) atoms. The zero-order valence-electron chi connectivity index (χ0n) is 13.1. The lowest BCUT2D eigenvalue weighted by molar-refractivity contribution is 0.497. The van der Waals surface area contributed by atoms with Crippen molar-refractivity contribution in [1.29, 1.82) is 0 Å². The van der Waals surface area contributed by atoms with Crippen molar-refractivity contribution in [3.63, 3.8) is 0 Å². The molecule has 0 rings (SSSR count). The van der Waals surface area contributed by atoms with Gasteiger partial charge < -0.3 is 0 Å². The average Bonchev–Trinajstić information content (AvgIpc) is 2.34. The number of thioether (sulfide) groups is 1. The van der Waals surface area contributed by atoms with Crippen LogP contribution >= 0.6 is 11.8 Å². The van der Waals surface area contributed by atoms with Crippen LogP contribution in [0.15, 0.2) is 0 Å². The number of hydrogen-bond donors (Lipinski definition) is 0. The molecule has 0 N–H and O–H groups in total. The topological polar surface area (TPSA) is 0 Å². The molecule has 0 amide bonds. The standard InChI is InChI=1S/C16H34S/c1-7-11-13-15(5,9-3)17-16(6,10-4)14-12-8-2/h7-14H2,1-6H3. The van der Waals surface area contributed by atoms with Crippen LogP contribution in [0.3, 0.4) is 0 Å². The van der Waals surface area contributed by atoms with Crippen LogP contribution in [-0.4, -0.2) is 9.49 Å². The number of hydrogen-bond acceptors (Lipinski definition) is 1. The van der Waals surface area contributed by atoms with Crippen LogP contribution in [0.2, 0.25) is 0 Å². The first kappa shape index (κ1) is 17.4. The Labute approximate surface area is 114 Å². The molecule has 0 aromatic rings. The molecule has 0 fully saturated rings. The Morgan fingerprint density at radius 1 is 0.706 bits per heavy atom. The van der Waals surface area contributed by atoms with E-state index in [1.54, 1.807) is 0 Å². The Bertz CT molecular complexity index is 170. The third-order valence-corrected chi connectivity index (χ3v) is 6.08. The van der Waals surface area contributed by atoms with Crippen molar-refractivity contribution in [2.24, 2.45) is 0 Å². The maximum absolute atomic E-state index is 2.48. The molecule has 0 bridgehead atoms. The third-order valence-electron chi connectivity index (χ3n) is 4.11. The fraction of sp³-hybridized carbons (Fsp3) is 1.00. The van der Waals surface area contributed by atoms with E-state index in [9.17, 15) is 0 Å². The van der Waals surface area contributed by atoms with E-state index in [0.717, 1.165) is 0 Å². The molecule has 0 heterocycles. The first-order valence-electron chi connectivity index (χ1n) is 7.65. The lowest BCUT2D eigenvalue weighted by atomic mass is 9.99. The average molecular weight is 259 g/mol. The van der Waals surface area contributed by atoms with Crippen molar-refractivity contribution in [2.45, 2.75) is 102 Å². The summed E-state index contributed by atoms with van der Waals surface area (Å²) in [5, 5.41) is 0. The maximum atomic E-state index is 2.48. The van der Waals surface area contributed by atoms with Crippen molar-refractivity contribution in [2.75, 3.05) is 0 Å². The van der Waals surface area contributed by atoms with Gasteiger partial charge >= 0.3 is 0 Å². The largest absolute Gasteiger partial charge is 0.149 e. The summed E-state index contributed by atoms with van der Waals surface area (Å²) in [5.74, 6) is 0. The van der Waals surface area contributed by atoms with Crippen LogP contribution in [0.5, 0.6) is 0 Å². The summed E-state index contributed by atoms with van der Waals surface area (Å²) in [6.45, 7) is 14.3. The summed E-state index contributed by atoms with van der Waals surface area (Å²) < 4.78 is 0.989. The van der Waals surface area contributed by atoms with Gasteiger partial charge in [0.25, 0.3) is 0 Å². The molecule has 2 unspecified atom stereocenters. The van der Waals surface area contributed by atoms with Gasteiger partial charge in [-0.15, -0.1) is 11.8 Å². The van der Waals surface area contributed by atoms with Gasteiger partial charge in [-0.05, 0) is 25.7 Å².